The van der Waals surface area contributed by atoms with Gasteiger partial charge in [-0.3, -0.25) is 0 Å². The summed E-state index contributed by atoms with van der Waals surface area (Å²) in [6.45, 7) is 3.37. The van der Waals surface area contributed by atoms with E-state index in [4.69, 9.17) is 27.9 Å². The van der Waals surface area contributed by atoms with Crippen molar-refractivity contribution < 1.29 is 9.53 Å². The Hall–Kier alpha value is -1.19. The molecule has 0 fully saturated rings. The lowest BCUT2D eigenvalue weighted by Gasteiger charge is -2.26. The van der Waals surface area contributed by atoms with Gasteiger partial charge in [-0.1, -0.05) is 30.3 Å². The van der Waals surface area contributed by atoms with E-state index in [0.717, 1.165) is 11.3 Å². The molecule has 0 heterocycles. The number of benzene rings is 1. The Morgan fingerprint density at radius 3 is 2.30 bits per heavy atom. The smallest absolute Gasteiger partial charge is 0.332 e. The zero-order valence-corrected chi connectivity index (χ0v) is 13.0. The van der Waals surface area contributed by atoms with Gasteiger partial charge in [0.15, 0.2) is 0 Å². The second-order valence-electron chi connectivity index (χ2n) is 4.01. The van der Waals surface area contributed by atoms with Crippen LogP contribution >= 0.6 is 23.2 Å². The first-order chi connectivity index (χ1) is 9.72. The van der Waals surface area contributed by atoms with E-state index in [1.807, 2.05) is 35.2 Å². The van der Waals surface area contributed by atoms with Crippen molar-refractivity contribution in [1.29, 1.82) is 0 Å². The van der Waals surface area contributed by atoms with E-state index in [1.165, 1.54) is 6.08 Å². The van der Waals surface area contributed by atoms with E-state index >= 15 is 0 Å². The van der Waals surface area contributed by atoms with E-state index < -0.39 is 0 Å². The van der Waals surface area contributed by atoms with Crippen LogP contribution in [0.5, 0.6) is 0 Å². The molecule has 0 spiro atoms. The molecular weight excluding hydrogens is 297 g/mol. The summed E-state index contributed by atoms with van der Waals surface area (Å²) in [6, 6.07) is 9.67. The van der Waals surface area contributed by atoms with Crippen LogP contribution in [-0.2, 0) is 9.53 Å². The van der Waals surface area contributed by atoms with Crippen LogP contribution in [0.15, 0.2) is 36.4 Å². The van der Waals surface area contributed by atoms with Gasteiger partial charge in [0, 0.05) is 30.9 Å². The maximum absolute atomic E-state index is 11.7. The fourth-order valence-electron chi connectivity index (χ4n) is 1.82. The van der Waals surface area contributed by atoms with Crippen molar-refractivity contribution in [3.05, 3.63) is 42.0 Å². The fourth-order valence-corrected chi connectivity index (χ4v) is 2.23. The second-order valence-corrected chi connectivity index (χ2v) is 4.77. The molecule has 0 atom stereocenters. The van der Waals surface area contributed by atoms with Gasteiger partial charge in [-0.25, -0.2) is 4.79 Å². The lowest BCUT2D eigenvalue weighted by Crippen LogP contribution is -2.27. The molecule has 0 aromatic heterocycles. The molecule has 0 bridgehead atoms. The van der Waals surface area contributed by atoms with Crippen LogP contribution in [0, 0.1) is 0 Å². The normalized spacial score (nSPS) is 11.2. The molecule has 0 saturated carbocycles. The number of hydrogen-bond acceptors (Lipinski definition) is 3. The lowest BCUT2D eigenvalue weighted by molar-refractivity contribution is -0.137. The summed E-state index contributed by atoms with van der Waals surface area (Å²) < 4.78 is 4.99. The molecule has 5 heteroatoms. The van der Waals surface area contributed by atoms with Gasteiger partial charge in [0.2, 0.25) is 0 Å². The Kier molecular flexibility index (Phi) is 8.16. The van der Waals surface area contributed by atoms with E-state index in [2.05, 4.69) is 0 Å². The predicted octanol–water partition coefficient (Wildman–Crippen LogP) is 3.37. The molecule has 3 nitrogen and oxygen atoms in total. The van der Waals surface area contributed by atoms with Crippen molar-refractivity contribution in [2.75, 3.05) is 31.5 Å². The Morgan fingerprint density at radius 2 is 1.80 bits per heavy atom. The molecule has 0 unspecified atom stereocenters. The Bertz CT molecular complexity index is 429. The number of rotatable bonds is 8. The number of carbonyl (C=O) groups excluding carboxylic acids is 1. The molecule has 1 rings (SSSR count). The molecule has 0 radical (unpaired) electrons. The molecule has 110 valence electrons. The van der Waals surface area contributed by atoms with E-state index in [0.29, 0.717) is 31.5 Å². The van der Waals surface area contributed by atoms with Crippen LogP contribution in [0.25, 0.3) is 5.70 Å². The number of hydrogen-bond donors (Lipinski definition) is 0. The van der Waals surface area contributed by atoms with Gasteiger partial charge < -0.3 is 9.64 Å². The zero-order valence-electron chi connectivity index (χ0n) is 11.5. The van der Waals surface area contributed by atoms with Crippen molar-refractivity contribution in [2.45, 2.75) is 6.92 Å². The van der Waals surface area contributed by atoms with Crippen molar-refractivity contribution in [2.24, 2.45) is 0 Å². The first-order valence-corrected chi connectivity index (χ1v) is 7.60. The van der Waals surface area contributed by atoms with Crippen LogP contribution in [-0.4, -0.2) is 42.3 Å². The third kappa shape index (κ3) is 5.43. The van der Waals surface area contributed by atoms with Gasteiger partial charge in [-0.2, -0.15) is 0 Å². The highest BCUT2D eigenvalue weighted by Crippen LogP contribution is 2.19. The number of ether oxygens (including phenoxy) is 1. The minimum absolute atomic E-state index is 0.350. The van der Waals surface area contributed by atoms with Crippen molar-refractivity contribution in [3.8, 4) is 0 Å². The topological polar surface area (TPSA) is 29.5 Å². The number of alkyl halides is 2. The summed E-state index contributed by atoms with van der Waals surface area (Å²) in [6.07, 6.45) is 1.50. The van der Waals surface area contributed by atoms with Crippen molar-refractivity contribution in [1.82, 2.24) is 4.90 Å². The Morgan fingerprint density at radius 1 is 1.20 bits per heavy atom. The number of esters is 1. The maximum Gasteiger partial charge on any atom is 0.332 e. The summed E-state index contributed by atoms with van der Waals surface area (Å²) in [4.78, 5) is 13.7. The Balaban J connectivity index is 3.08. The van der Waals surface area contributed by atoms with Crippen LogP contribution in [0.3, 0.4) is 0 Å². The quantitative estimate of drug-likeness (QED) is 0.418. The van der Waals surface area contributed by atoms with E-state index in [1.54, 1.807) is 6.92 Å². The minimum atomic E-state index is -0.361. The third-order valence-corrected chi connectivity index (χ3v) is 3.00. The highest BCUT2D eigenvalue weighted by atomic mass is 35.5. The predicted molar refractivity (Wildman–Crippen MR) is 84.1 cm³/mol. The zero-order chi connectivity index (χ0) is 14.8. The average Bonchev–Trinajstić information content (AvgIpc) is 2.46. The SMILES string of the molecule is CCOC(=O)/C=C(/c1ccccc1)N(CCCl)CCCl. The first-order valence-electron chi connectivity index (χ1n) is 6.53. The molecule has 0 aliphatic heterocycles. The summed E-state index contributed by atoms with van der Waals surface area (Å²) in [5.41, 5.74) is 1.72. The standard InChI is InChI=1S/C15H19Cl2NO2/c1-2-20-15(19)12-14(13-6-4-3-5-7-13)18(10-8-16)11-9-17/h3-7,12H,2,8-11H2,1H3/b14-12-. The summed E-state index contributed by atoms with van der Waals surface area (Å²) >= 11 is 11.7. The molecule has 0 aliphatic carbocycles. The number of halogens is 2. The highest BCUT2D eigenvalue weighted by Gasteiger charge is 2.13. The summed E-state index contributed by atoms with van der Waals surface area (Å²) in [5.74, 6) is 0.564. The van der Waals surface area contributed by atoms with Crippen LogP contribution < -0.4 is 0 Å². The first kappa shape index (κ1) is 16.9. The van der Waals surface area contributed by atoms with Crippen molar-refractivity contribution >= 4 is 34.9 Å². The van der Waals surface area contributed by atoms with Gasteiger partial charge >= 0.3 is 5.97 Å². The lowest BCUT2D eigenvalue weighted by atomic mass is 10.1. The Labute approximate surface area is 130 Å². The number of carbonyl (C=O) groups is 1. The van der Waals surface area contributed by atoms with Gasteiger partial charge in [0.1, 0.15) is 0 Å². The minimum Gasteiger partial charge on any atom is -0.463 e. The summed E-state index contributed by atoms with van der Waals surface area (Å²) in [7, 11) is 0. The van der Waals surface area contributed by atoms with Crippen molar-refractivity contribution in [3.63, 3.8) is 0 Å². The van der Waals surface area contributed by atoms with Gasteiger partial charge in [0.25, 0.3) is 0 Å². The second kappa shape index (κ2) is 9.67. The third-order valence-electron chi connectivity index (χ3n) is 2.66. The van der Waals surface area contributed by atoms with Gasteiger partial charge in [-0.05, 0) is 12.5 Å². The molecule has 0 N–H and O–H groups in total. The molecule has 1 aromatic carbocycles. The largest absolute Gasteiger partial charge is 0.463 e. The molecule has 1 aromatic rings. The van der Waals surface area contributed by atoms with Gasteiger partial charge in [0.05, 0.1) is 12.3 Å². The molecule has 0 amide bonds. The van der Waals surface area contributed by atoms with Gasteiger partial charge in [-0.15, -0.1) is 23.2 Å². The average molecular weight is 316 g/mol. The fraction of sp³-hybridized carbons (Fsp3) is 0.400. The highest BCUT2D eigenvalue weighted by molar-refractivity contribution is 6.18. The van der Waals surface area contributed by atoms with E-state index in [9.17, 15) is 4.79 Å². The van der Waals surface area contributed by atoms with E-state index in [-0.39, 0.29) is 5.97 Å². The van der Waals surface area contributed by atoms with Crippen LogP contribution in [0.2, 0.25) is 0 Å². The molecule has 0 saturated heterocycles. The monoisotopic (exact) mass is 315 g/mol. The molecular formula is C15H19Cl2NO2. The molecule has 20 heavy (non-hydrogen) atoms. The maximum atomic E-state index is 11.7. The van der Waals surface area contributed by atoms with Crippen LogP contribution in [0.4, 0.5) is 0 Å². The number of nitrogens with zero attached hydrogens (tertiary/aromatic N) is 1. The summed E-state index contributed by atoms with van der Waals surface area (Å²) in [5, 5.41) is 0. The molecule has 0 aliphatic rings. The van der Waals surface area contributed by atoms with Crippen LogP contribution in [0.1, 0.15) is 12.5 Å².